The van der Waals surface area contributed by atoms with Crippen LogP contribution in [0, 0.1) is 6.92 Å². The molecule has 0 saturated heterocycles. The Bertz CT molecular complexity index is 536. The van der Waals surface area contributed by atoms with Gasteiger partial charge in [-0.05, 0) is 48.6 Å². The Hall–Kier alpha value is -1.36. The average molecular weight is 291 g/mol. The first-order valence-corrected chi connectivity index (χ1v) is 7.70. The monoisotopic (exact) mass is 291 g/mol. The van der Waals surface area contributed by atoms with E-state index in [-0.39, 0.29) is 5.92 Å². The second kappa shape index (κ2) is 6.88. The number of hydrogen-bond donors (Lipinski definition) is 2. The van der Waals surface area contributed by atoms with E-state index in [1.165, 1.54) is 0 Å². The van der Waals surface area contributed by atoms with Crippen LogP contribution in [-0.4, -0.2) is 18.3 Å². The summed E-state index contributed by atoms with van der Waals surface area (Å²) in [7, 11) is 0. The number of hydrogen-bond acceptors (Lipinski definition) is 4. The number of aliphatic hydroxyl groups excluding tert-OH is 1. The van der Waals surface area contributed by atoms with Gasteiger partial charge in [0.05, 0.1) is 12.7 Å². The van der Waals surface area contributed by atoms with Gasteiger partial charge in [-0.2, -0.15) is 0 Å². The van der Waals surface area contributed by atoms with Crippen molar-refractivity contribution in [2.24, 2.45) is 5.73 Å². The zero-order chi connectivity index (χ0) is 14.5. The van der Waals surface area contributed by atoms with Crippen LogP contribution in [0.25, 0.3) is 0 Å². The highest BCUT2D eigenvalue weighted by molar-refractivity contribution is 7.10. The highest BCUT2D eigenvalue weighted by Gasteiger charge is 2.23. The summed E-state index contributed by atoms with van der Waals surface area (Å²) < 4.78 is 5.43. The van der Waals surface area contributed by atoms with E-state index in [2.05, 4.69) is 0 Å². The Kier molecular flexibility index (Phi) is 5.17. The van der Waals surface area contributed by atoms with Gasteiger partial charge in [0.25, 0.3) is 0 Å². The molecule has 0 radical (unpaired) electrons. The molecule has 0 fully saturated rings. The quantitative estimate of drug-likeness (QED) is 0.859. The summed E-state index contributed by atoms with van der Waals surface area (Å²) in [5.74, 6) is 0.747. The maximum atomic E-state index is 10.6. The second-order valence-electron chi connectivity index (χ2n) is 4.76. The molecule has 0 spiro atoms. The van der Waals surface area contributed by atoms with E-state index >= 15 is 0 Å². The van der Waals surface area contributed by atoms with E-state index in [4.69, 9.17) is 10.5 Å². The number of aryl methyl sites for hydroxylation is 1. The molecule has 0 aliphatic heterocycles. The molecule has 1 aromatic carbocycles. The van der Waals surface area contributed by atoms with Gasteiger partial charge in [0, 0.05) is 17.3 Å². The Balaban J connectivity index is 2.21. The predicted molar refractivity (Wildman–Crippen MR) is 83.4 cm³/mol. The molecule has 1 aromatic heterocycles. The molecule has 3 nitrogen and oxygen atoms in total. The highest BCUT2D eigenvalue weighted by atomic mass is 32.1. The Labute approximate surface area is 124 Å². The van der Waals surface area contributed by atoms with Gasteiger partial charge in [-0.3, -0.25) is 0 Å². The molecule has 2 aromatic rings. The fraction of sp³-hybridized carbons (Fsp3) is 0.375. The second-order valence-corrected chi connectivity index (χ2v) is 5.70. The predicted octanol–water partition coefficient (Wildman–Crippen LogP) is 3.23. The van der Waals surface area contributed by atoms with Crippen molar-refractivity contribution in [3.05, 3.63) is 51.7 Å². The maximum Gasteiger partial charge on any atom is 0.119 e. The molecule has 1 heterocycles. The van der Waals surface area contributed by atoms with Crippen molar-refractivity contribution in [3.63, 3.8) is 0 Å². The maximum absolute atomic E-state index is 10.6. The van der Waals surface area contributed by atoms with Gasteiger partial charge in [0.1, 0.15) is 5.75 Å². The van der Waals surface area contributed by atoms with Crippen LogP contribution in [0.5, 0.6) is 5.75 Å². The van der Waals surface area contributed by atoms with Crippen LogP contribution < -0.4 is 10.5 Å². The van der Waals surface area contributed by atoms with Crippen LogP contribution in [0.2, 0.25) is 0 Å². The third kappa shape index (κ3) is 3.20. The van der Waals surface area contributed by atoms with Gasteiger partial charge in [-0.1, -0.05) is 12.1 Å². The van der Waals surface area contributed by atoms with Crippen molar-refractivity contribution in [1.29, 1.82) is 0 Å². The third-order valence-electron chi connectivity index (χ3n) is 3.42. The summed E-state index contributed by atoms with van der Waals surface area (Å²) in [5.41, 5.74) is 8.03. The van der Waals surface area contributed by atoms with Gasteiger partial charge >= 0.3 is 0 Å². The Morgan fingerprint density at radius 1 is 1.25 bits per heavy atom. The minimum absolute atomic E-state index is 0.0944. The molecule has 108 valence electrons. The highest BCUT2D eigenvalue weighted by Crippen LogP contribution is 2.35. The molecule has 2 rings (SSSR count). The van der Waals surface area contributed by atoms with E-state index in [0.717, 1.165) is 21.8 Å². The molecule has 0 bridgehead atoms. The lowest BCUT2D eigenvalue weighted by Crippen LogP contribution is -2.20. The number of rotatable bonds is 6. The van der Waals surface area contributed by atoms with Crippen molar-refractivity contribution in [3.8, 4) is 5.75 Å². The summed E-state index contributed by atoms with van der Waals surface area (Å²) in [6.45, 7) is 5.03. The number of ether oxygens (including phenoxy) is 1. The molecule has 3 N–H and O–H groups in total. The van der Waals surface area contributed by atoms with Gasteiger partial charge in [0.15, 0.2) is 0 Å². The zero-order valence-corrected chi connectivity index (χ0v) is 12.7. The van der Waals surface area contributed by atoms with Gasteiger partial charge in [0.2, 0.25) is 0 Å². The van der Waals surface area contributed by atoms with Crippen LogP contribution in [0.1, 0.15) is 34.9 Å². The Morgan fingerprint density at radius 2 is 1.95 bits per heavy atom. The summed E-state index contributed by atoms with van der Waals surface area (Å²) in [6.07, 6.45) is -0.557. The van der Waals surface area contributed by atoms with Crippen LogP contribution in [0.3, 0.4) is 0 Å². The molecule has 2 unspecified atom stereocenters. The fourth-order valence-corrected chi connectivity index (χ4v) is 3.27. The minimum Gasteiger partial charge on any atom is -0.494 e. The number of aliphatic hydroxyl groups is 1. The van der Waals surface area contributed by atoms with Crippen molar-refractivity contribution >= 4 is 11.3 Å². The van der Waals surface area contributed by atoms with E-state index in [1.54, 1.807) is 11.3 Å². The summed E-state index contributed by atoms with van der Waals surface area (Å²) in [6, 6.07) is 9.84. The molecule has 0 aliphatic carbocycles. The van der Waals surface area contributed by atoms with Crippen LogP contribution in [0.4, 0.5) is 0 Å². The molecule has 4 heteroatoms. The Morgan fingerprint density at radius 3 is 2.45 bits per heavy atom. The molecular formula is C16H21NO2S. The first kappa shape index (κ1) is 15.0. The van der Waals surface area contributed by atoms with Gasteiger partial charge in [-0.15, -0.1) is 11.3 Å². The topological polar surface area (TPSA) is 55.5 Å². The largest absolute Gasteiger partial charge is 0.494 e. The van der Waals surface area contributed by atoms with E-state index < -0.39 is 6.10 Å². The molecule has 20 heavy (non-hydrogen) atoms. The average Bonchev–Trinajstić information content (AvgIpc) is 2.88. The number of benzene rings is 1. The van der Waals surface area contributed by atoms with Crippen LogP contribution >= 0.6 is 11.3 Å². The van der Waals surface area contributed by atoms with Crippen LogP contribution in [-0.2, 0) is 0 Å². The van der Waals surface area contributed by atoms with Crippen molar-refractivity contribution in [2.75, 3.05) is 13.2 Å². The van der Waals surface area contributed by atoms with Gasteiger partial charge in [-0.25, -0.2) is 0 Å². The minimum atomic E-state index is -0.557. The van der Waals surface area contributed by atoms with Gasteiger partial charge < -0.3 is 15.6 Å². The first-order chi connectivity index (χ1) is 9.67. The first-order valence-electron chi connectivity index (χ1n) is 6.82. The fourth-order valence-electron chi connectivity index (χ4n) is 2.30. The van der Waals surface area contributed by atoms with E-state index in [1.807, 2.05) is 49.6 Å². The molecule has 0 saturated carbocycles. The van der Waals surface area contributed by atoms with E-state index in [9.17, 15) is 5.11 Å². The zero-order valence-electron chi connectivity index (χ0n) is 11.9. The normalized spacial score (nSPS) is 14.0. The standard InChI is InChI=1S/C16H21NO2S/c1-3-19-13-6-4-12(5-7-13)14(10-17)15(18)16-11(2)8-9-20-16/h4-9,14-15,18H,3,10,17H2,1-2H3. The summed E-state index contributed by atoms with van der Waals surface area (Å²) in [5, 5.41) is 12.6. The molecule has 0 amide bonds. The lowest BCUT2D eigenvalue weighted by Gasteiger charge is -2.22. The lowest BCUT2D eigenvalue weighted by atomic mass is 9.91. The summed E-state index contributed by atoms with van der Waals surface area (Å²) >= 11 is 1.58. The number of thiophene rings is 1. The molecule has 2 atom stereocenters. The lowest BCUT2D eigenvalue weighted by molar-refractivity contribution is 0.150. The number of nitrogens with two attached hydrogens (primary N) is 1. The molecular weight excluding hydrogens is 270 g/mol. The summed E-state index contributed by atoms with van der Waals surface area (Å²) in [4.78, 5) is 0.995. The molecule has 0 aliphatic rings. The third-order valence-corrected chi connectivity index (χ3v) is 4.51. The van der Waals surface area contributed by atoms with E-state index in [0.29, 0.717) is 13.2 Å². The van der Waals surface area contributed by atoms with Crippen molar-refractivity contribution in [1.82, 2.24) is 0 Å². The van der Waals surface area contributed by atoms with Crippen LogP contribution in [0.15, 0.2) is 35.7 Å². The SMILES string of the molecule is CCOc1ccc(C(CN)C(O)c2sccc2C)cc1. The smallest absolute Gasteiger partial charge is 0.119 e. The van der Waals surface area contributed by atoms with Crippen molar-refractivity contribution < 1.29 is 9.84 Å². The van der Waals surface area contributed by atoms with Crippen molar-refractivity contribution in [2.45, 2.75) is 25.9 Å².